The fourth-order valence-corrected chi connectivity index (χ4v) is 1.56. The molecular weight excluding hydrogens is 259 g/mol. The third-order valence-electron chi connectivity index (χ3n) is 2.43. The van der Waals surface area contributed by atoms with E-state index in [4.69, 9.17) is 11.6 Å². The Bertz CT molecular complexity index is 458. The van der Waals surface area contributed by atoms with E-state index in [-0.39, 0.29) is 21.8 Å². The number of nitro benzene ring substituents is 1. The van der Waals surface area contributed by atoms with E-state index < -0.39 is 10.7 Å². The van der Waals surface area contributed by atoms with Gasteiger partial charge in [0.15, 0.2) is 0 Å². The van der Waals surface area contributed by atoms with Crippen LogP contribution in [0.4, 0.5) is 15.8 Å². The fraction of sp³-hybridized carbons (Fsp3) is 0.500. The van der Waals surface area contributed by atoms with Crippen molar-refractivity contribution in [2.75, 3.05) is 11.9 Å². The molecule has 100 valence electrons. The molecule has 0 bridgehead atoms. The first-order valence-corrected chi connectivity index (χ1v) is 5.96. The molecule has 1 rings (SSSR count). The first-order chi connectivity index (χ1) is 8.20. The highest BCUT2D eigenvalue weighted by Crippen LogP contribution is 2.30. The number of hydrogen-bond acceptors (Lipinski definition) is 3. The molecule has 0 spiro atoms. The van der Waals surface area contributed by atoms with Gasteiger partial charge in [-0.3, -0.25) is 10.1 Å². The predicted molar refractivity (Wildman–Crippen MR) is 70.6 cm³/mol. The van der Waals surface area contributed by atoms with Crippen LogP contribution in [0.5, 0.6) is 0 Å². The van der Waals surface area contributed by atoms with Gasteiger partial charge in [-0.1, -0.05) is 32.4 Å². The SMILES string of the molecule is CC(C)(C)CCNc1cc(Cl)c(F)cc1[N+](=O)[O-]. The van der Waals surface area contributed by atoms with Crippen molar-refractivity contribution in [3.05, 3.63) is 33.1 Å². The third kappa shape index (κ3) is 4.14. The first-order valence-electron chi connectivity index (χ1n) is 5.58. The van der Waals surface area contributed by atoms with Gasteiger partial charge in [-0.25, -0.2) is 4.39 Å². The summed E-state index contributed by atoms with van der Waals surface area (Å²) >= 11 is 5.62. The molecule has 0 atom stereocenters. The Labute approximate surface area is 110 Å². The Balaban J connectivity index is 2.87. The van der Waals surface area contributed by atoms with Crippen molar-refractivity contribution >= 4 is 23.0 Å². The van der Waals surface area contributed by atoms with Crippen molar-refractivity contribution in [1.29, 1.82) is 0 Å². The van der Waals surface area contributed by atoms with Gasteiger partial charge in [-0.2, -0.15) is 0 Å². The molecule has 0 aliphatic heterocycles. The molecule has 0 radical (unpaired) electrons. The summed E-state index contributed by atoms with van der Waals surface area (Å²) in [5, 5.41) is 13.6. The quantitative estimate of drug-likeness (QED) is 0.660. The highest BCUT2D eigenvalue weighted by atomic mass is 35.5. The van der Waals surface area contributed by atoms with Crippen LogP contribution in [0.2, 0.25) is 5.02 Å². The number of halogens is 2. The number of anilines is 1. The summed E-state index contributed by atoms with van der Waals surface area (Å²) in [6, 6.07) is 2.08. The molecule has 0 aromatic heterocycles. The first kappa shape index (κ1) is 14.7. The monoisotopic (exact) mass is 274 g/mol. The number of nitrogens with zero attached hydrogens (tertiary/aromatic N) is 1. The van der Waals surface area contributed by atoms with Gasteiger partial charge < -0.3 is 5.32 Å². The lowest BCUT2D eigenvalue weighted by atomic mass is 9.92. The average molecular weight is 275 g/mol. The molecule has 1 aromatic carbocycles. The summed E-state index contributed by atoms with van der Waals surface area (Å²) in [6.07, 6.45) is 0.832. The van der Waals surface area contributed by atoms with Crippen molar-refractivity contribution < 1.29 is 9.31 Å². The van der Waals surface area contributed by atoms with Crippen LogP contribution in [0.1, 0.15) is 27.2 Å². The molecule has 1 N–H and O–H groups in total. The largest absolute Gasteiger partial charge is 0.379 e. The average Bonchev–Trinajstić information content (AvgIpc) is 2.20. The molecule has 0 saturated carbocycles. The van der Waals surface area contributed by atoms with Crippen LogP contribution in [0.15, 0.2) is 12.1 Å². The lowest BCUT2D eigenvalue weighted by Crippen LogP contribution is -2.13. The van der Waals surface area contributed by atoms with E-state index in [9.17, 15) is 14.5 Å². The van der Waals surface area contributed by atoms with Gasteiger partial charge in [0, 0.05) is 6.54 Å². The Hall–Kier alpha value is -1.36. The number of benzene rings is 1. The van der Waals surface area contributed by atoms with E-state index in [1.54, 1.807) is 0 Å². The summed E-state index contributed by atoms with van der Waals surface area (Å²) in [6.45, 7) is 6.77. The van der Waals surface area contributed by atoms with Crippen molar-refractivity contribution in [2.45, 2.75) is 27.2 Å². The van der Waals surface area contributed by atoms with E-state index in [0.29, 0.717) is 6.54 Å². The predicted octanol–water partition coefficient (Wildman–Crippen LogP) is 4.24. The molecule has 1 aromatic rings. The molecule has 0 unspecified atom stereocenters. The minimum atomic E-state index is -0.787. The summed E-state index contributed by atoms with van der Waals surface area (Å²) in [5.41, 5.74) is 0.0625. The van der Waals surface area contributed by atoms with Crippen molar-refractivity contribution in [3.63, 3.8) is 0 Å². The van der Waals surface area contributed by atoms with Crippen LogP contribution in [-0.4, -0.2) is 11.5 Å². The van der Waals surface area contributed by atoms with Crippen molar-refractivity contribution in [3.8, 4) is 0 Å². The fourth-order valence-electron chi connectivity index (χ4n) is 1.40. The third-order valence-corrected chi connectivity index (χ3v) is 2.72. The molecule has 0 aliphatic carbocycles. The highest BCUT2D eigenvalue weighted by Gasteiger charge is 2.18. The lowest BCUT2D eigenvalue weighted by Gasteiger charge is -2.18. The van der Waals surface area contributed by atoms with Gasteiger partial charge in [-0.05, 0) is 17.9 Å². The molecule has 0 amide bonds. The molecule has 0 heterocycles. The zero-order chi connectivity index (χ0) is 13.9. The Morgan fingerprint density at radius 2 is 2.06 bits per heavy atom. The van der Waals surface area contributed by atoms with Gasteiger partial charge in [-0.15, -0.1) is 0 Å². The maximum Gasteiger partial charge on any atom is 0.295 e. The summed E-state index contributed by atoms with van der Waals surface area (Å²) < 4.78 is 13.2. The van der Waals surface area contributed by atoms with Crippen LogP contribution in [0, 0.1) is 21.3 Å². The molecule has 0 aliphatic rings. The second-order valence-corrected chi connectivity index (χ2v) is 5.69. The summed E-state index contributed by atoms with van der Waals surface area (Å²) in [7, 11) is 0. The van der Waals surface area contributed by atoms with E-state index in [0.717, 1.165) is 12.5 Å². The molecule has 6 heteroatoms. The summed E-state index contributed by atoms with van der Waals surface area (Å²) in [4.78, 5) is 10.2. The maximum absolute atomic E-state index is 13.2. The topological polar surface area (TPSA) is 55.2 Å². The second kappa shape index (κ2) is 5.52. The van der Waals surface area contributed by atoms with Gasteiger partial charge in [0.1, 0.15) is 11.5 Å². The van der Waals surface area contributed by atoms with Crippen molar-refractivity contribution in [2.24, 2.45) is 5.41 Å². The number of nitro groups is 1. The Morgan fingerprint density at radius 3 is 2.56 bits per heavy atom. The smallest absolute Gasteiger partial charge is 0.295 e. The Morgan fingerprint density at radius 1 is 1.44 bits per heavy atom. The van der Waals surface area contributed by atoms with Gasteiger partial charge in [0.25, 0.3) is 5.69 Å². The minimum absolute atomic E-state index is 0.117. The zero-order valence-corrected chi connectivity index (χ0v) is 11.3. The molecule has 0 fully saturated rings. The van der Waals surface area contributed by atoms with E-state index in [1.807, 2.05) is 0 Å². The number of nitrogens with one attached hydrogen (secondary N) is 1. The second-order valence-electron chi connectivity index (χ2n) is 5.28. The molecular formula is C12H16ClFN2O2. The van der Waals surface area contributed by atoms with Crippen LogP contribution in [-0.2, 0) is 0 Å². The van der Waals surface area contributed by atoms with Crippen LogP contribution in [0.25, 0.3) is 0 Å². The minimum Gasteiger partial charge on any atom is -0.379 e. The Kier molecular flexibility index (Phi) is 4.51. The van der Waals surface area contributed by atoms with E-state index in [1.165, 1.54) is 6.07 Å². The maximum atomic E-state index is 13.2. The van der Waals surface area contributed by atoms with Gasteiger partial charge in [0.2, 0.25) is 0 Å². The van der Waals surface area contributed by atoms with E-state index >= 15 is 0 Å². The van der Waals surface area contributed by atoms with Crippen LogP contribution in [0.3, 0.4) is 0 Å². The van der Waals surface area contributed by atoms with Gasteiger partial charge in [0.05, 0.1) is 16.0 Å². The van der Waals surface area contributed by atoms with Gasteiger partial charge >= 0.3 is 0 Å². The van der Waals surface area contributed by atoms with Crippen molar-refractivity contribution in [1.82, 2.24) is 0 Å². The highest BCUT2D eigenvalue weighted by molar-refractivity contribution is 6.31. The number of rotatable bonds is 4. The van der Waals surface area contributed by atoms with E-state index in [2.05, 4.69) is 26.1 Å². The zero-order valence-electron chi connectivity index (χ0n) is 10.6. The summed E-state index contributed by atoms with van der Waals surface area (Å²) in [5.74, 6) is -0.787. The molecule has 0 saturated heterocycles. The molecule has 4 nitrogen and oxygen atoms in total. The number of hydrogen-bond donors (Lipinski definition) is 1. The van der Waals surface area contributed by atoms with Crippen LogP contribution >= 0.6 is 11.6 Å². The standard InChI is InChI=1S/C12H16ClFN2O2/c1-12(2,3)4-5-15-10-6-8(13)9(14)7-11(10)16(17)18/h6-7,15H,4-5H2,1-3H3. The molecule has 18 heavy (non-hydrogen) atoms. The van der Waals surface area contributed by atoms with Crippen LogP contribution < -0.4 is 5.32 Å². The lowest BCUT2D eigenvalue weighted by molar-refractivity contribution is -0.384. The normalized spacial score (nSPS) is 11.4.